The third kappa shape index (κ3) is 4.16. The van der Waals surface area contributed by atoms with Crippen molar-refractivity contribution in [2.45, 2.75) is 38.1 Å². The van der Waals surface area contributed by atoms with Gasteiger partial charge in [0.1, 0.15) is 5.75 Å². The number of methoxy groups -OCH3 is 1. The monoisotopic (exact) mass is 363 g/mol. The molecule has 27 heavy (non-hydrogen) atoms. The van der Waals surface area contributed by atoms with Crippen LogP contribution in [-0.2, 0) is 0 Å². The molecule has 2 N–H and O–H groups in total. The first-order valence-corrected chi connectivity index (χ1v) is 10.1. The summed E-state index contributed by atoms with van der Waals surface area (Å²) in [7, 11) is 3.80. The SMILES string of the molecule is CNC(CCCNc1c2ccccc2nc2ccc(OC)cc12)CC1CC1. The van der Waals surface area contributed by atoms with E-state index >= 15 is 0 Å². The molecule has 1 atom stereocenters. The van der Waals surface area contributed by atoms with E-state index in [4.69, 9.17) is 9.72 Å². The van der Waals surface area contributed by atoms with Crippen molar-refractivity contribution in [2.24, 2.45) is 5.92 Å². The molecule has 1 unspecified atom stereocenters. The number of fused-ring (bicyclic) bond motifs is 2. The molecule has 1 aliphatic rings. The number of aromatic nitrogens is 1. The Bertz CT molecular complexity index is 920. The van der Waals surface area contributed by atoms with Crippen LogP contribution in [-0.4, -0.2) is 31.7 Å². The molecule has 2 aromatic carbocycles. The lowest BCUT2D eigenvalue weighted by Gasteiger charge is -2.17. The average Bonchev–Trinajstić information content (AvgIpc) is 3.53. The van der Waals surface area contributed by atoms with Gasteiger partial charge in [-0.1, -0.05) is 31.0 Å². The number of para-hydroxylation sites is 1. The third-order valence-corrected chi connectivity index (χ3v) is 5.64. The highest BCUT2D eigenvalue weighted by molar-refractivity contribution is 6.07. The molecule has 1 heterocycles. The van der Waals surface area contributed by atoms with Crippen LogP contribution in [0, 0.1) is 5.92 Å². The molecule has 0 bridgehead atoms. The Balaban J connectivity index is 1.54. The summed E-state index contributed by atoms with van der Waals surface area (Å²) in [4.78, 5) is 4.82. The van der Waals surface area contributed by atoms with Crippen LogP contribution >= 0.6 is 0 Å². The van der Waals surface area contributed by atoms with Gasteiger partial charge in [-0.05, 0) is 56.5 Å². The number of nitrogens with zero attached hydrogens (tertiary/aromatic N) is 1. The smallest absolute Gasteiger partial charge is 0.119 e. The van der Waals surface area contributed by atoms with E-state index in [2.05, 4.69) is 41.9 Å². The van der Waals surface area contributed by atoms with E-state index in [1.807, 2.05) is 18.2 Å². The normalized spacial score (nSPS) is 15.2. The third-order valence-electron chi connectivity index (χ3n) is 5.64. The summed E-state index contributed by atoms with van der Waals surface area (Å²) in [5, 5.41) is 9.49. The van der Waals surface area contributed by atoms with E-state index in [0.29, 0.717) is 6.04 Å². The van der Waals surface area contributed by atoms with Crippen LogP contribution in [0.1, 0.15) is 32.1 Å². The Labute approximate surface area is 161 Å². The van der Waals surface area contributed by atoms with E-state index in [1.54, 1.807) is 7.11 Å². The first kappa shape index (κ1) is 18.1. The maximum Gasteiger partial charge on any atom is 0.119 e. The van der Waals surface area contributed by atoms with Crippen molar-refractivity contribution in [1.82, 2.24) is 10.3 Å². The Morgan fingerprint density at radius 2 is 1.93 bits per heavy atom. The number of benzene rings is 2. The minimum atomic E-state index is 0.644. The van der Waals surface area contributed by atoms with Crippen LogP contribution in [0.5, 0.6) is 5.75 Å². The molecule has 142 valence electrons. The van der Waals surface area contributed by atoms with Crippen LogP contribution in [0.25, 0.3) is 21.8 Å². The van der Waals surface area contributed by atoms with Gasteiger partial charge < -0.3 is 15.4 Å². The van der Waals surface area contributed by atoms with Crippen LogP contribution in [0.15, 0.2) is 42.5 Å². The van der Waals surface area contributed by atoms with Gasteiger partial charge in [0.2, 0.25) is 0 Å². The second-order valence-corrected chi connectivity index (χ2v) is 7.62. The summed E-state index contributed by atoms with van der Waals surface area (Å²) >= 11 is 0. The lowest BCUT2D eigenvalue weighted by Crippen LogP contribution is -2.26. The summed E-state index contributed by atoms with van der Waals surface area (Å²) in [5.41, 5.74) is 3.19. The van der Waals surface area contributed by atoms with Crippen molar-refractivity contribution < 1.29 is 4.74 Å². The number of hydrogen-bond donors (Lipinski definition) is 2. The van der Waals surface area contributed by atoms with Crippen molar-refractivity contribution in [3.05, 3.63) is 42.5 Å². The fraction of sp³-hybridized carbons (Fsp3) is 0.435. The van der Waals surface area contributed by atoms with Gasteiger partial charge in [0.25, 0.3) is 0 Å². The Kier molecular flexibility index (Phi) is 5.44. The number of anilines is 1. The lowest BCUT2D eigenvalue weighted by molar-refractivity contribution is 0.415. The van der Waals surface area contributed by atoms with E-state index in [9.17, 15) is 0 Å². The van der Waals surface area contributed by atoms with Gasteiger partial charge in [0, 0.05) is 23.4 Å². The molecule has 4 rings (SSSR count). The van der Waals surface area contributed by atoms with Crippen molar-refractivity contribution in [3.8, 4) is 5.75 Å². The van der Waals surface area contributed by atoms with E-state index in [0.717, 1.165) is 46.7 Å². The highest BCUT2D eigenvalue weighted by Crippen LogP contribution is 2.35. The quantitative estimate of drug-likeness (QED) is 0.416. The van der Waals surface area contributed by atoms with E-state index < -0.39 is 0 Å². The first-order valence-electron chi connectivity index (χ1n) is 10.1. The van der Waals surface area contributed by atoms with Crippen molar-refractivity contribution in [3.63, 3.8) is 0 Å². The van der Waals surface area contributed by atoms with Gasteiger partial charge in [0.05, 0.1) is 23.8 Å². The highest BCUT2D eigenvalue weighted by atomic mass is 16.5. The summed E-state index contributed by atoms with van der Waals surface area (Å²) in [5.74, 6) is 1.83. The van der Waals surface area contributed by atoms with E-state index in [1.165, 1.54) is 31.1 Å². The minimum absolute atomic E-state index is 0.644. The van der Waals surface area contributed by atoms with Crippen LogP contribution in [0.4, 0.5) is 5.69 Å². The Hall–Kier alpha value is -2.33. The predicted molar refractivity (Wildman–Crippen MR) is 114 cm³/mol. The molecule has 0 radical (unpaired) electrons. The van der Waals surface area contributed by atoms with Crippen LogP contribution < -0.4 is 15.4 Å². The maximum absolute atomic E-state index is 5.44. The number of pyridine rings is 1. The molecule has 0 spiro atoms. The zero-order chi connectivity index (χ0) is 18.6. The topological polar surface area (TPSA) is 46.2 Å². The highest BCUT2D eigenvalue weighted by Gasteiger charge is 2.24. The van der Waals surface area contributed by atoms with Crippen LogP contribution in [0.3, 0.4) is 0 Å². The number of hydrogen-bond acceptors (Lipinski definition) is 4. The second kappa shape index (κ2) is 8.13. The molecule has 1 aromatic heterocycles. The number of rotatable bonds is 9. The van der Waals surface area contributed by atoms with Gasteiger partial charge in [-0.25, -0.2) is 4.98 Å². The molecule has 0 aliphatic heterocycles. The molecular weight excluding hydrogens is 334 g/mol. The lowest BCUT2D eigenvalue weighted by atomic mass is 10.0. The zero-order valence-electron chi connectivity index (χ0n) is 16.3. The standard InChI is InChI=1S/C23H29N3O/c1-24-17(14-16-9-10-16)6-5-13-25-23-19-7-3-4-8-21(19)26-22-12-11-18(27-2)15-20(22)23/h3-4,7-8,11-12,15-17,24H,5-6,9-10,13-14H2,1-2H3,(H,25,26). The molecule has 1 saturated carbocycles. The molecule has 0 amide bonds. The molecule has 4 nitrogen and oxygen atoms in total. The van der Waals surface area contributed by atoms with Gasteiger partial charge in [0.15, 0.2) is 0 Å². The van der Waals surface area contributed by atoms with Gasteiger partial charge in [-0.15, -0.1) is 0 Å². The zero-order valence-corrected chi connectivity index (χ0v) is 16.3. The van der Waals surface area contributed by atoms with E-state index in [-0.39, 0.29) is 0 Å². The van der Waals surface area contributed by atoms with Crippen LogP contribution in [0.2, 0.25) is 0 Å². The van der Waals surface area contributed by atoms with Crippen molar-refractivity contribution >= 4 is 27.5 Å². The molecule has 3 aromatic rings. The van der Waals surface area contributed by atoms with Gasteiger partial charge in [-0.2, -0.15) is 0 Å². The summed E-state index contributed by atoms with van der Waals surface area (Å²) in [6, 6.07) is 15.1. The Morgan fingerprint density at radius 1 is 1.11 bits per heavy atom. The average molecular weight is 364 g/mol. The number of nitrogens with one attached hydrogen (secondary N) is 2. The Morgan fingerprint density at radius 3 is 2.70 bits per heavy atom. The van der Waals surface area contributed by atoms with Gasteiger partial charge in [-0.3, -0.25) is 0 Å². The predicted octanol–water partition coefficient (Wildman–Crippen LogP) is 4.98. The maximum atomic E-state index is 5.44. The summed E-state index contributed by atoms with van der Waals surface area (Å²) in [6.45, 7) is 0.961. The van der Waals surface area contributed by atoms with Crippen molar-refractivity contribution in [2.75, 3.05) is 26.0 Å². The molecular formula is C23H29N3O. The largest absolute Gasteiger partial charge is 0.497 e. The summed E-state index contributed by atoms with van der Waals surface area (Å²) < 4.78 is 5.44. The fourth-order valence-corrected chi connectivity index (χ4v) is 3.89. The number of ether oxygens (including phenoxy) is 1. The molecule has 0 saturated heterocycles. The van der Waals surface area contributed by atoms with Gasteiger partial charge >= 0.3 is 0 Å². The molecule has 1 aliphatic carbocycles. The first-order chi connectivity index (χ1) is 13.3. The fourth-order valence-electron chi connectivity index (χ4n) is 3.89. The second-order valence-electron chi connectivity index (χ2n) is 7.62. The molecule has 1 fully saturated rings. The molecule has 4 heteroatoms. The van der Waals surface area contributed by atoms with Crippen molar-refractivity contribution in [1.29, 1.82) is 0 Å². The summed E-state index contributed by atoms with van der Waals surface area (Å²) in [6.07, 6.45) is 6.54. The minimum Gasteiger partial charge on any atom is -0.497 e.